The van der Waals surface area contributed by atoms with E-state index in [2.05, 4.69) is 56.0 Å². The predicted octanol–water partition coefficient (Wildman–Crippen LogP) is 3.09. The molecule has 0 aliphatic carbocycles. The number of benzene rings is 1. The number of hydrogen-bond acceptors (Lipinski definition) is 1. The Morgan fingerprint density at radius 2 is 1.86 bits per heavy atom. The van der Waals surface area contributed by atoms with Crippen molar-refractivity contribution >= 4 is 0 Å². The van der Waals surface area contributed by atoms with E-state index in [0.29, 0.717) is 11.5 Å². The SMILES string of the molecule is CC(C)(C)CN1CC1c1ccccc1. The molecule has 0 aromatic heterocycles. The van der Waals surface area contributed by atoms with E-state index >= 15 is 0 Å². The minimum Gasteiger partial charge on any atom is -0.293 e. The maximum Gasteiger partial charge on any atom is 0.0476 e. The maximum absolute atomic E-state index is 2.54. The Kier molecular flexibility index (Phi) is 2.36. The van der Waals surface area contributed by atoms with Gasteiger partial charge in [0.2, 0.25) is 0 Å². The van der Waals surface area contributed by atoms with Crippen LogP contribution in [-0.2, 0) is 0 Å². The average molecular weight is 189 g/mol. The van der Waals surface area contributed by atoms with E-state index in [4.69, 9.17) is 0 Å². The summed E-state index contributed by atoms with van der Waals surface area (Å²) in [5, 5.41) is 0. The second-order valence-electron chi connectivity index (χ2n) is 5.42. The number of nitrogens with zero attached hydrogens (tertiary/aromatic N) is 1. The molecule has 1 aliphatic heterocycles. The third-order valence-corrected chi connectivity index (χ3v) is 2.58. The lowest BCUT2D eigenvalue weighted by molar-refractivity contribution is 0.309. The summed E-state index contributed by atoms with van der Waals surface area (Å²) >= 11 is 0. The molecule has 1 nitrogen and oxygen atoms in total. The van der Waals surface area contributed by atoms with Crippen LogP contribution in [0.2, 0.25) is 0 Å². The van der Waals surface area contributed by atoms with Gasteiger partial charge in [0.05, 0.1) is 0 Å². The first kappa shape index (κ1) is 9.72. The number of hydrogen-bond donors (Lipinski definition) is 0. The molecule has 0 saturated carbocycles. The molecular formula is C13H19N. The van der Waals surface area contributed by atoms with Gasteiger partial charge in [0.15, 0.2) is 0 Å². The summed E-state index contributed by atoms with van der Waals surface area (Å²) in [6.07, 6.45) is 0. The number of rotatable bonds is 2. The average Bonchev–Trinajstić information content (AvgIpc) is 2.82. The molecule has 1 heteroatoms. The predicted molar refractivity (Wildman–Crippen MR) is 60.2 cm³/mol. The van der Waals surface area contributed by atoms with Gasteiger partial charge in [0, 0.05) is 19.1 Å². The van der Waals surface area contributed by atoms with Crippen molar-refractivity contribution in [1.82, 2.24) is 4.90 Å². The molecule has 1 aromatic rings. The van der Waals surface area contributed by atoms with E-state index in [1.54, 1.807) is 0 Å². The third-order valence-electron chi connectivity index (χ3n) is 2.58. The summed E-state index contributed by atoms with van der Waals surface area (Å²) in [7, 11) is 0. The molecule has 2 rings (SSSR count). The van der Waals surface area contributed by atoms with E-state index in [1.165, 1.54) is 18.7 Å². The van der Waals surface area contributed by atoms with E-state index in [1.807, 2.05) is 0 Å². The van der Waals surface area contributed by atoms with Gasteiger partial charge in [0.1, 0.15) is 0 Å². The highest BCUT2D eigenvalue weighted by molar-refractivity contribution is 5.23. The molecule has 0 spiro atoms. The lowest BCUT2D eigenvalue weighted by atomic mass is 9.97. The summed E-state index contributed by atoms with van der Waals surface area (Å²) in [6, 6.07) is 11.5. The molecule has 1 fully saturated rings. The topological polar surface area (TPSA) is 3.01 Å². The molecule has 1 saturated heterocycles. The monoisotopic (exact) mass is 189 g/mol. The molecule has 0 amide bonds. The molecule has 14 heavy (non-hydrogen) atoms. The lowest BCUT2D eigenvalue weighted by Crippen LogP contribution is -2.18. The molecule has 0 radical (unpaired) electrons. The van der Waals surface area contributed by atoms with Gasteiger partial charge in [-0.3, -0.25) is 4.90 Å². The summed E-state index contributed by atoms with van der Waals surface area (Å²) < 4.78 is 0. The Hall–Kier alpha value is -0.820. The Labute approximate surface area is 86.7 Å². The van der Waals surface area contributed by atoms with Crippen LogP contribution in [0.4, 0.5) is 0 Å². The highest BCUT2D eigenvalue weighted by Crippen LogP contribution is 2.37. The highest BCUT2D eigenvalue weighted by atomic mass is 15.3. The second-order valence-corrected chi connectivity index (χ2v) is 5.42. The molecule has 0 bridgehead atoms. The molecule has 0 N–H and O–H groups in total. The smallest absolute Gasteiger partial charge is 0.0476 e. The molecule has 1 heterocycles. The Balaban J connectivity index is 1.94. The molecule has 2 unspecified atom stereocenters. The van der Waals surface area contributed by atoms with Gasteiger partial charge >= 0.3 is 0 Å². The first-order valence-electron chi connectivity index (χ1n) is 5.35. The Bertz CT molecular complexity index is 297. The van der Waals surface area contributed by atoms with Gasteiger partial charge in [-0.15, -0.1) is 0 Å². The van der Waals surface area contributed by atoms with E-state index in [9.17, 15) is 0 Å². The fourth-order valence-corrected chi connectivity index (χ4v) is 1.95. The summed E-state index contributed by atoms with van der Waals surface area (Å²) in [5.74, 6) is 0. The largest absolute Gasteiger partial charge is 0.293 e. The van der Waals surface area contributed by atoms with Crippen LogP contribution in [-0.4, -0.2) is 18.0 Å². The van der Waals surface area contributed by atoms with Crippen LogP contribution in [0.1, 0.15) is 32.4 Å². The minimum atomic E-state index is 0.420. The van der Waals surface area contributed by atoms with Crippen LogP contribution in [0.15, 0.2) is 30.3 Å². The zero-order chi connectivity index (χ0) is 10.2. The quantitative estimate of drug-likeness (QED) is 0.646. The Morgan fingerprint density at radius 1 is 1.21 bits per heavy atom. The standard InChI is InChI=1S/C13H19N/c1-13(2,3)10-14-9-12(14)11-7-5-4-6-8-11/h4-8,12H,9-10H2,1-3H3. The summed E-state index contributed by atoms with van der Waals surface area (Å²) in [6.45, 7) is 9.34. The fraction of sp³-hybridized carbons (Fsp3) is 0.538. The van der Waals surface area contributed by atoms with Gasteiger partial charge in [-0.2, -0.15) is 0 Å². The molecule has 1 aromatic carbocycles. The van der Waals surface area contributed by atoms with Crippen LogP contribution in [0.3, 0.4) is 0 Å². The molecular weight excluding hydrogens is 170 g/mol. The van der Waals surface area contributed by atoms with Crippen LogP contribution in [0.25, 0.3) is 0 Å². The van der Waals surface area contributed by atoms with E-state index < -0.39 is 0 Å². The summed E-state index contributed by atoms with van der Waals surface area (Å²) in [4.78, 5) is 2.54. The molecule has 2 atom stereocenters. The minimum absolute atomic E-state index is 0.420. The van der Waals surface area contributed by atoms with Crippen molar-refractivity contribution in [3.63, 3.8) is 0 Å². The van der Waals surface area contributed by atoms with E-state index in [0.717, 1.165) is 0 Å². The third kappa shape index (κ3) is 2.36. The van der Waals surface area contributed by atoms with Crippen LogP contribution < -0.4 is 0 Å². The van der Waals surface area contributed by atoms with Crippen molar-refractivity contribution in [3.8, 4) is 0 Å². The van der Waals surface area contributed by atoms with Crippen molar-refractivity contribution in [2.24, 2.45) is 5.41 Å². The van der Waals surface area contributed by atoms with Gasteiger partial charge in [0.25, 0.3) is 0 Å². The summed E-state index contributed by atoms with van der Waals surface area (Å²) in [5.41, 5.74) is 1.89. The molecule has 76 valence electrons. The first-order chi connectivity index (χ1) is 6.56. The van der Waals surface area contributed by atoms with Crippen molar-refractivity contribution in [2.45, 2.75) is 26.8 Å². The molecule has 1 aliphatic rings. The Morgan fingerprint density at radius 3 is 2.43 bits per heavy atom. The van der Waals surface area contributed by atoms with Crippen molar-refractivity contribution in [1.29, 1.82) is 0 Å². The van der Waals surface area contributed by atoms with Crippen LogP contribution in [0.5, 0.6) is 0 Å². The van der Waals surface area contributed by atoms with Gasteiger partial charge in [-0.1, -0.05) is 51.1 Å². The maximum atomic E-state index is 2.54. The van der Waals surface area contributed by atoms with Crippen molar-refractivity contribution in [3.05, 3.63) is 35.9 Å². The van der Waals surface area contributed by atoms with Crippen molar-refractivity contribution in [2.75, 3.05) is 13.1 Å². The normalized spacial score (nSPS) is 26.2. The van der Waals surface area contributed by atoms with Crippen LogP contribution in [0, 0.1) is 5.41 Å². The van der Waals surface area contributed by atoms with Gasteiger partial charge < -0.3 is 0 Å². The highest BCUT2D eigenvalue weighted by Gasteiger charge is 2.37. The van der Waals surface area contributed by atoms with Gasteiger partial charge in [-0.05, 0) is 11.0 Å². The first-order valence-corrected chi connectivity index (χ1v) is 5.35. The van der Waals surface area contributed by atoms with E-state index in [-0.39, 0.29) is 0 Å². The zero-order valence-corrected chi connectivity index (χ0v) is 9.33. The second kappa shape index (κ2) is 3.39. The van der Waals surface area contributed by atoms with Gasteiger partial charge in [-0.25, -0.2) is 0 Å². The van der Waals surface area contributed by atoms with Crippen LogP contribution >= 0.6 is 0 Å². The zero-order valence-electron chi connectivity index (χ0n) is 9.33. The lowest BCUT2D eigenvalue weighted by Gasteiger charge is -2.19. The fourth-order valence-electron chi connectivity index (χ4n) is 1.95. The van der Waals surface area contributed by atoms with Crippen molar-refractivity contribution < 1.29 is 0 Å².